The molecule has 1 aliphatic rings. The summed E-state index contributed by atoms with van der Waals surface area (Å²) in [6, 6.07) is 17.8. The highest BCUT2D eigenvalue weighted by molar-refractivity contribution is 5.94. The fraction of sp³-hybridized carbons (Fsp3) is 0.238. The molecule has 2 heterocycles. The number of hydrogen-bond acceptors (Lipinski definition) is 7. The lowest BCUT2D eigenvalue weighted by atomic mass is 10.1. The second kappa shape index (κ2) is 8.54. The summed E-state index contributed by atoms with van der Waals surface area (Å²) in [5.41, 5.74) is 1.76. The number of rotatable bonds is 5. The minimum atomic E-state index is -0.596. The first-order valence-electron chi connectivity index (χ1n) is 9.26. The van der Waals surface area contributed by atoms with Crippen LogP contribution in [0.1, 0.15) is 33.4 Å². The van der Waals surface area contributed by atoms with E-state index in [9.17, 15) is 4.79 Å². The van der Waals surface area contributed by atoms with Gasteiger partial charge in [-0.05, 0) is 29.8 Å². The number of nitriles is 1. The van der Waals surface area contributed by atoms with Gasteiger partial charge in [0.15, 0.2) is 0 Å². The van der Waals surface area contributed by atoms with Gasteiger partial charge in [-0.2, -0.15) is 5.26 Å². The molecule has 1 aromatic heterocycles. The second-order valence-electron chi connectivity index (χ2n) is 6.53. The number of morpholine rings is 1. The van der Waals surface area contributed by atoms with E-state index in [4.69, 9.17) is 14.4 Å². The lowest BCUT2D eigenvalue weighted by molar-refractivity contribution is 0.0937. The standard InChI is InChI=1S/C21H19N5O3/c22-14-15-6-8-17(9-7-15)19(27)23-18(16-4-2-1-3-5-16)20-24-25-21(29-20)26-10-12-28-13-11-26/h1-9,18H,10-13H2,(H,23,27)/t18-/m0/s1. The van der Waals surface area contributed by atoms with Crippen molar-refractivity contribution in [1.82, 2.24) is 15.5 Å². The maximum atomic E-state index is 12.8. The van der Waals surface area contributed by atoms with Crippen LogP contribution in [-0.4, -0.2) is 42.4 Å². The van der Waals surface area contributed by atoms with Gasteiger partial charge in [-0.3, -0.25) is 4.79 Å². The summed E-state index contributed by atoms with van der Waals surface area (Å²) in [5.74, 6) is 0.00847. The molecule has 8 heteroatoms. The molecule has 3 aromatic rings. The molecule has 1 atom stereocenters. The Labute approximate surface area is 167 Å². The second-order valence-corrected chi connectivity index (χ2v) is 6.53. The number of ether oxygens (including phenoxy) is 1. The number of amides is 1. The zero-order valence-corrected chi connectivity index (χ0v) is 15.6. The summed E-state index contributed by atoms with van der Waals surface area (Å²) in [6.45, 7) is 2.56. The van der Waals surface area contributed by atoms with Crippen molar-refractivity contribution in [2.24, 2.45) is 0 Å². The van der Waals surface area contributed by atoms with Gasteiger partial charge in [-0.25, -0.2) is 0 Å². The first-order chi connectivity index (χ1) is 14.2. The van der Waals surface area contributed by atoms with Gasteiger partial charge in [0.2, 0.25) is 5.89 Å². The van der Waals surface area contributed by atoms with Crippen LogP contribution in [0.3, 0.4) is 0 Å². The van der Waals surface area contributed by atoms with Crippen LogP contribution in [0.4, 0.5) is 6.01 Å². The highest BCUT2D eigenvalue weighted by atomic mass is 16.5. The predicted molar refractivity (Wildman–Crippen MR) is 104 cm³/mol. The summed E-state index contributed by atoms with van der Waals surface area (Å²) < 4.78 is 11.3. The highest BCUT2D eigenvalue weighted by Crippen LogP contribution is 2.24. The maximum Gasteiger partial charge on any atom is 0.318 e. The molecule has 4 rings (SSSR count). The summed E-state index contributed by atoms with van der Waals surface area (Å²) in [4.78, 5) is 14.8. The van der Waals surface area contributed by atoms with Crippen LogP contribution in [0, 0.1) is 11.3 Å². The number of nitrogens with one attached hydrogen (secondary N) is 1. The molecule has 0 aliphatic carbocycles. The predicted octanol–water partition coefficient (Wildman–Crippen LogP) is 2.30. The molecule has 0 radical (unpaired) electrons. The normalized spacial score (nSPS) is 14.8. The van der Waals surface area contributed by atoms with E-state index in [0.717, 1.165) is 5.56 Å². The molecule has 1 N–H and O–H groups in total. The Balaban J connectivity index is 1.59. The molecule has 0 spiro atoms. The Hall–Kier alpha value is -3.70. The number of nitrogens with zero attached hydrogens (tertiary/aromatic N) is 4. The van der Waals surface area contributed by atoms with Crippen molar-refractivity contribution >= 4 is 11.9 Å². The average molecular weight is 389 g/mol. The van der Waals surface area contributed by atoms with Crippen LogP contribution in [0.2, 0.25) is 0 Å². The van der Waals surface area contributed by atoms with Crippen molar-refractivity contribution in [2.45, 2.75) is 6.04 Å². The minimum Gasteiger partial charge on any atom is -0.405 e. The third-order valence-corrected chi connectivity index (χ3v) is 4.64. The van der Waals surface area contributed by atoms with Gasteiger partial charge in [0, 0.05) is 18.7 Å². The number of carbonyl (C=O) groups excluding carboxylic acids is 1. The van der Waals surface area contributed by atoms with E-state index >= 15 is 0 Å². The van der Waals surface area contributed by atoms with Crippen LogP contribution in [0.5, 0.6) is 0 Å². The van der Waals surface area contributed by atoms with Gasteiger partial charge < -0.3 is 19.4 Å². The molecule has 0 bridgehead atoms. The van der Waals surface area contributed by atoms with Gasteiger partial charge in [0.05, 0.1) is 24.8 Å². The number of anilines is 1. The Kier molecular flexibility index (Phi) is 5.49. The van der Waals surface area contributed by atoms with E-state index in [1.165, 1.54) is 0 Å². The van der Waals surface area contributed by atoms with Crippen LogP contribution in [-0.2, 0) is 4.74 Å². The van der Waals surface area contributed by atoms with Gasteiger partial charge >= 0.3 is 6.01 Å². The SMILES string of the molecule is N#Cc1ccc(C(=O)N[C@@H](c2ccccc2)c2nnc(N3CCOCC3)o2)cc1. The molecule has 1 saturated heterocycles. The molecule has 8 nitrogen and oxygen atoms in total. The fourth-order valence-corrected chi connectivity index (χ4v) is 3.07. The molecule has 29 heavy (non-hydrogen) atoms. The fourth-order valence-electron chi connectivity index (χ4n) is 3.07. The molecule has 1 aliphatic heterocycles. The topological polar surface area (TPSA) is 104 Å². The lowest BCUT2D eigenvalue weighted by Crippen LogP contribution is -2.36. The van der Waals surface area contributed by atoms with Gasteiger partial charge in [-0.1, -0.05) is 35.4 Å². The summed E-state index contributed by atoms with van der Waals surface area (Å²) >= 11 is 0. The first-order valence-corrected chi connectivity index (χ1v) is 9.26. The van der Waals surface area contributed by atoms with E-state index in [-0.39, 0.29) is 5.91 Å². The van der Waals surface area contributed by atoms with Crippen molar-refractivity contribution in [3.8, 4) is 6.07 Å². The van der Waals surface area contributed by atoms with E-state index in [1.54, 1.807) is 24.3 Å². The van der Waals surface area contributed by atoms with Crippen LogP contribution >= 0.6 is 0 Å². The van der Waals surface area contributed by atoms with Crippen molar-refractivity contribution in [3.63, 3.8) is 0 Å². The molecule has 1 fully saturated rings. The molecule has 0 unspecified atom stereocenters. The maximum absolute atomic E-state index is 12.8. The minimum absolute atomic E-state index is 0.297. The van der Waals surface area contributed by atoms with Crippen LogP contribution < -0.4 is 10.2 Å². The lowest BCUT2D eigenvalue weighted by Gasteiger charge is -2.24. The van der Waals surface area contributed by atoms with E-state index < -0.39 is 6.04 Å². The average Bonchev–Trinajstić information content (AvgIpc) is 3.28. The molecule has 0 saturated carbocycles. The number of hydrogen-bond donors (Lipinski definition) is 1. The van der Waals surface area contributed by atoms with Crippen LogP contribution in [0.25, 0.3) is 0 Å². The Morgan fingerprint density at radius 2 is 1.79 bits per heavy atom. The molecule has 2 aromatic carbocycles. The Morgan fingerprint density at radius 3 is 2.48 bits per heavy atom. The molecule has 1 amide bonds. The van der Waals surface area contributed by atoms with Crippen LogP contribution in [0.15, 0.2) is 59.0 Å². The van der Waals surface area contributed by atoms with Crippen molar-refractivity contribution < 1.29 is 13.9 Å². The molecular weight excluding hydrogens is 370 g/mol. The Bertz CT molecular complexity index is 1000. The quantitative estimate of drug-likeness (QED) is 0.714. The molecule has 146 valence electrons. The van der Waals surface area contributed by atoms with E-state index in [2.05, 4.69) is 15.5 Å². The Morgan fingerprint density at radius 1 is 1.07 bits per heavy atom. The van der Waals surface area contributed by atoms with Crippen molar-refractivity contribution in [2.75, 3.05) is 31.2 Å². The monoisotopic (exact) mass is 389 g/mol. The summed E-state index contributed by atoms with van der Waals surface area (Å²) in [5, 5.41) is 20.2. The van der Waals surface area contributed by atoms with Gasteiger partial charge in [0.25, 0.3) is 5.91 Å². The zero-order valence-electron chi connectivity index (χ0n) is 15.6. The smallest absolute Gasteiger partial charge is 0.318 e. The van der Waals surface area contributed by atoms with Crippen molar-refractivity contribution in [1.29, 1.82) is 5.26 Å². The molecular formula is C21H19N5O3. The van der Waals surface area contributed by atoms with Gasteiger partial charge in [0.1, 0.15) is 6.04 Å². The number of carbonyl (C=O) groups is 1. The number of aromatic nitrogens is 2. The van der Waals surface area contributed by atoms with Gasteiger partial charge in [-0.15, -0.1) is 5.10 Å². The third-order valence-electron chi connectivity index (χ3n) is 4.64. The van der Waals surface area contributed by atoms with E-state index in [1.807, 2.05) is 41.3 Å². The first kappa shape index (κ1) is 18.7. The van der Waals surface area contributed by atoms with Crippen molar-refractivity contribution in [3.05, 3.63) is 77.2 Å². The van der Waals surface area contributed by atoms with E-state index in [0.29, 0.717) is 49.3 Å². The third kappa shape index (κ3) is 4.25. The highest BCUT2D eigenvalue weighted by Gasteiger charge is 2.25. The summed E-state index contributed by atoms with van der Waals surface area (Å²) in [7, 11) is 0. The number of benzene rings is 2. The zero-order chi connectivity index (χ0) is 20.1. The largest absolute Gasteiger partial charge is 0.405 e. The summed E-state index contributed by atoms with van der Waals surface area (Å²) in [6.07, 6.45) is 0.